The first-order chi connectivity index (χ1) is 17.5. The Morgan fingerprint density at radius 2 is 1.94 bits per heavy atom. The highest BCUT2D eigenvalue weighted by atomic mass is 35.5. The van der Waals surface area contributed by atoms with E-state index in [0.717, 1.165) is 56.3 Å². The molecule has 1 atom stereocenters. The number of amides is 1. The van der Waals surface area contributed by atoms with E-state index in [0.29, 0.717) is 11.4 Å². The molecule has 1 saturated heterocycles. The number of aromatic nitrogens is 1. The van der Waals surface area contributed by atoms with Crippen LogP contribution in [0.1, 0.15) is 18.4 Å². The minimum Gasteiger partial charge on any atom is -0.448 e. The van der Waals surface area contributed by atoms with Crippen molar-refractivity contribution < 1.29 is 13.9 Å². The summed E-state index contributed by atoms with van der Waals surface area (Å²) in [4.78, 5) is 21.5. The van der Waals surface area contributed by atoms with Gasteiger partial charge in [0, 0.05) is 44.3 Å². The van der Waals surface area contributed by atoms with E-state index in [9.17, 15) is 9.18 Å². The lowest BCUT2D eigenvalue weighted by Crippen LogP contribution is -2.44. The molecule has 1 radical (unpaired) electrons. The number of likely N-dealkylation sites (N-methyl/N-ethyl adjacent to an activating group) is 1. The Balaban J connectivity index is 1.31. The SMILES string of the molecule is CN1CCN(CCC[C@@H](COC(=O)Nc2cc3ccccc3cn2)[N]Cc2cccc(F)c2Cl)CC1. The molecule has 2 heterocycles. The first-order valence-corrected chi connectivity index (χ1v) is 12.6. The molecule has 0 unspecified atom stereocenters. The molecule has 2 aromatic carbocycles. The number of hydrogen-bond donors (Lipinski definition) is 1. The van der Waals surface area contributed by atoms with Crippen LogP contribution >= 0.6 is 11.6 Å². The molecule has 36 heavy (non-hydrogen) atoms. The molecular weight excluding hydrogens is 481 g/mol. The Morgan fingerprint density at radius 1 is 1.17 bits per heavy atom. The van der Waals surface area contributed by atoms with Crippen LogP contribution in [-0.4, -0.2) is 73.3 Å². The average molecular weight is 513 g/mol. The Bertz CT molecular complexity index is 1160. The van der Waals surface area contributed by atoms with Crippen LogP contribution in [-0.2, 0) is 11.3 Å². The van der Waals surface area contributed by atoms with Crippen LogP contribution in [0.4, 0.5) is 15.0 Å². The third-order valence-corrected chi connectivity index (χ3v) is 6.85. The first-order valence-electron chi connectivity index (χ1n) is 12.3. The highest BCUT2D eigenvalue weighted by Crippen LogP contribution is 2.20. The van der Waals surface area contributed by atoms with Crippen LogP contribution < -0.4 is 10.6 Å². The van der Waals surface area contributed by atoms with Crippen LogP contribution in [0.2, 0.25) is 5.02 Å². The summed E-state index contributed by atoms with van der Waals surface area (Å²) in [6.07, 6.45) is 2.80. The van der Waals surface area contributed by atoms with Gasteiger partial charge in [-0.15, -0.1) is 0 Å². The van der Waals surface area contributed by atoms with Crippen LogP contribution in [0.3, 0.4) is 0 Å². The molecule has 9 heteroatoms. The number of anilines is 1. The van der Waals surface area contributed by atoms with Crippen molar-refractivity contribution in [1.29, 1.82) is 0 Å². The highest BCUT2D eigenvalue weighted by Gasteiger charge is 2.18. The van der Waals surface area contributed by atoms with Gasteiger partial charge >= 0.3 is 6.09 Å². The van der Waals surface area contributed by atoms with E-state index in [4.69, 9.17) is 21.7 Å². The minimum absolute atomic E-state index is 0.0819. The summed E-state index contributed by atoms with van der Waals surface area (Å²) in [5, 5.41) is 9.46. The van der Waals surface area contributed by atoms with Crippen molar-refractivity contribution in [3.8, 4) is 0 Å². The molecule has 191 valence electrons. The molecule has 0 spiro atoms. The minimum atomic E-state index is -0.583. The third-order valence-electron chi connectivity index (χ3n) is 6.43. The number of piperazine rings is 1. The zero-order valence-electron chi connectivity index (χ0n) is 20.5. The number of carbonyl (C=O) groups is 1. The van der Waals surface area contributed by atoms with Crippen LogP contribution in [0, 0.1) is 5.82 Å². The maximum absolute atomic E-state index is 13.8. The molecule has 1 aliphatic rings. The van der Waals surface area contributed by atoms with E-state index >= 15 is 0 Å². The second kappa shape index (κ2) is 13.0. The predicted octanol–water partition coefficient (Wildman–Crippen LogP) is 4.78. The number of rotatable bonds is 10. The number of fused-ring (bicyclic) bond motifs is 1. The first kappa shape index (κ1) is 26.3. The smallest absolute Gasteiger partial charge is 0.412 e. The Hall–Kier alpha value is -2.78. The van der Waals surface area contributed by atoms with Crippen molar-refractivity contribution >= 4 is 34.3 Å². The van der Waals surface area contributed by atoms with Gasteiger partial charge in [-0.25, -0.2) is 19.5 Å². The highest BCUT2D eigenvalue weighted by molar-refractivity contribution is 6.31. The maximum Gasteiger partial charge on any atom is 0.412 e. The Kier molecular flexibility index (Phi) is 9.47. The number of carbonyl (C=O) groups excluding carboxylic acids is 1. The van der Waals surface area contributed by atoms with Crippen molar-refractivity contribution in [2.24, 2.45) is 0 Å². The lowest BCUT2D eigenvalue weighted by atomic mass is 10.1. The maximum atomic E-state index is 13.8. The number of pyridine rings is 1. The molecule has 1 aromatic heterocycles. The Morgan fingerprint density at radius 3 is 2.75 bits per heavy atom. The lowest BCUT2D eigenvalue weighted by molar-refractivity contribution is 0.135. The monoisotopic (exact) mass is 512 g/mol. The van der Waals surface area contributed by atoms with E-state index in [2.05, 4.69) is 27.1 Å². The molecule has 1 fully saturated rings. The number of nitrogens with one attached hydrogen (secondary N) is 1. The van der Waals surface area contributed by atoms with E-state index < -0.39 is 11.9 Å². The molecule has 1 aliphatic heterocycles. The second-order valence-electron chi connectivity index (χ2n) is 9.13. The molecular formula is C27H32ClFN5O2. The number of benzene rings is 2. The van der Waals surface area contributed by atoms with Crippen molar-refractivity contribution in [1.82, 2.24) is 20.1 Å². The van der Waals surface area contributed by atoms with E-state index in [1.807, 2.05) is 24.3 Å². The zero-order chi connectivity index (χ0) is 25.3. The summed E-state index contributed by atoms with van der Waals surface area (Å²) in [6.45, 7) is 5.58. The molecule has 1 amide bonds. The topological polar surface area (TPSA) is 71.8 Å². The van der Waals surface area contributed by atoms with Crippen LogP contribution in [0.25, 0.3) is 10.8 Å². The largest absolute Gasteiger partial charge is 0.448 e. The van der Waals surface area contributed by atoms with Gasteiger partial charge in [-0.1, -0.05) is 48.0 Å². The van der Waals surface area contributed by atoms with Crippen molar-refractivity contribution in [2.45, 2.75) is 25.4 Å². The standard InChI is InChI=1S/C27H32ClFN5O2/c1-33-12-14-34(15-13-33)11-5-9-23(30-18-22-8-4-10-24(29)26(22)28)19-36-27(35)32-25-16-20-6-2-3-7-21(20)17-31-25/h2-4,6-8,10,16-17,23H,5,9,11-15,18-19H2,1H3,(H,31,32,35)/t23-/m0/s1. The average Bonchev–Trinajstić information content (AvgIpc) is 2.88. The number of ether oxygens (including phenoxy) is 1. The molecule has 1 N–H and O–H groups in total. The van der Waals surface area contributed by atoms with Gasteiger partial charge in [-0.05, 0) is 49.5 Å². The van der Waals surface area contributed by atoms with Gasteiger partial charge in [-0.2, -0.15) is 0 Å². The number of hydrogen-bond acceptors (Lipinski definition) is 5. The van der Waals surface area contributed by atoms with E-state index in [1.54, 1.807) is 24.4 Å². The quantitative estimate of drug-likeness (QED) is 0.423. The predicted molar refractivity (Wildman–Crippen MR) is 141 cm³/mol. The molecule has 3 aromatic rings. The number of halogens is 2. The van der Waals surface area contributed by atoms with Crippen LogP contribution in [0.15, 0.2) is 54.7 Å². The summed E-state index contributed by atoms with van der Waals surface area (Å²) in [6, 6.07) is 14.1. The van der Waals surface area contributed by atoms with Crippen LogP contribution in [0.5, 0.6) is 0 Å². The van der Waals surface area contributed by atoms with Gasteiger partial charge in [0.25, 0.3) is 0 Å². The van der Waals surface area contributed by atoms with Gasteiger partial charge in [-0.3, -0.25) is 5.32 Å². The lowest BCUT2D eigenvalue weighted by Gasteiger charge is -2.32. The van der Waals surface area contributed by atoms with Gasteiger partial charge in [0.15, 0.2) is 0 Å². The summed E-state index contributed by atoms with van der Waals surface area (Å²) in [7, 11) is 2.14. The third kappa shape index (κ3) is 7.61. The zero-order valence-corrected chi connectivity index (χ0v) is 21.3. The molecule has 4 rings (SSSR count). The molecule has 0 bridgehead atoms. The van der Waals surface area contributed by atoms with Gasteiger partial charge < -0.3 is 14.5 Å². The number of nitrogens with zero attached hydrogens (tertiary/aromatic N) is 4. The van der Waals surface area contributed by atoms with Gasteiger partial charge in [0.2, 0.25) is 0 Å². The second-order valence-corrected chi connectivity index (χ2v) is 9.51. The summed E-state index contributed by atoms with van der Waals surface area (Å²) < 4.78 is 19.3. The normalized spacial score (nSPS) is 15.6. The molecule has 0 aliphatic carbocycles. The fourth-order valence-electron chi connectivity index (χ4n) is 4.21. The van der Waals surface area contributed by atoms with Gasteiger partial charge in [0.1, 0.15) is 18.2 Å². The molecule has 7 nitrogen and oxygen atoms in total. The van der Waals surface area contributed by atoms with Crippen molar-refractivity contribution in [3.63, 3.8) is 0 Å². The van der Waals surface area contributed by atoms with Gasteiger partial charge in [0.05, 0.1) is 11.1 Å². The summed E-state index contributed by atoms with van der Waals surface area (Å²) in [5.74, 6) is -0.0386. The Labute approximate surface area is 216 Å². The summed E-state index contributed by atoms with van der Waals surface area (Å²) >= 11 is 6.11. The van der Waals surface area contributed by atoms with E-state index in [-0.39, 0.29) is 24.2 Å². The molecule has 0 saturated carbocycles. The van der Waals surface area contributed by atoms with E-state index in [1.165, 1.54) is 6.07 Å². The van der Waals surface area contributed by atoms with Crippen molar-refractivity contribution in [3.05, 3.63) is 71.1 Å². The van der Waals surface area contributed by atoms with Crippen molar-refractivity contribution in [2.75, 3.05) is 51.7 Å². The fourth-order valence-corrected chi connectivity index (χ4v) is 4.40. The fraction of sp³-hybridized carbons (Fsp3) is 0.407. The summed E-state index contributed by atoms with van der Waals surface area (Å²) in [5.41, 5.74) is 0.616.